The van der Waals surface area contributed by atoms with Crippen molar-refractivity contribution in [1.29, 1.82) is 0 Å². The van der Waals surface area contributed by atoms with E-state index in [4.69, 9.17) is 4.74 Å². The number of hydrogen-bond acceptors (Lipinski definition) is 3. The molecule has 0 fully saturated rings. The van der Waals surface area contributed by atoms with E-state index in [2.05, 4.69) is 10.3 Å². The zero-order chi connectivity index (χ0) is 15.6. The molecule has 0 radical (unpaired) electrons. The smallest absolute Gasteiger partial charge is 0.272 e. The molecule has 0 bridgehead atoms. The van der Waals surface area contributed by atoms with Gasteiger partial charge in [0.15, 0.2) is 23.2 Å². The number of benzene rings is 1. The van der Waals surface area contributed by atoms with Gasteiger partial charge in [0.25, 0.3) is 5.91 Å². The minimum atomic E-state index is -1.63. The van der Waals surface area contributed by atoms with Crippen LogP contribution in [0.3, 0.4) is 0 Å². The Morgan fingerprint density at radius 2 is 1.81 bits per heavy atom. The van der Waals surface area contributed by atoms with E-state index >= 15 is 0 Å². The van der Waals surface area contributed by atoms with E-state index in [9.17, 15) is 22.8 Å². The van der Waals surface area contributed by atoms with Crippen molar-refractivity contribution in [3.05, 3.63) is 57.8 Å². The first-order valence-electron chi connectivity index (χ1n) is 5.65. The summed E-state index contributed by atoms with van der Waals surface area (Å²) in [5, 5.41) is 2.14. The second kappa shape index (κ2) is 5.70. The molecule has 21 heavy (non-hydrogen) atoms. The molecule has 1 amide bonds. The van der Waals surface area contributed by atoms with Crippen LogP contribution in [0.1, 0.15) is 10.5 Å². The Bertz CT molecular complexity index is 736. The molecule has 0 unspecified atom stereocenters. The zero-order valence-electron chi connectivity index (χ0n) is 10.7. The molecule has 2 rings (SSSR count). The van der Waals surface area contributed by atoms with E-state index in [1.54, 1.807) is 0 Å². The number of pyridine rings is 1. The molecule has 0 aliphatic carbocycles. The number of aromatic nitrogens is 1. The zero-order valence-corrected chi connectivity index (χ0v) is 10.7. The molecule has 0 atom stereocenters. The lowest BCUT2D eigenvalue weighted by atomic mass is 10.2. The van der Waals surface area contributed by atoms with Gasteiger partial charge in [-0.05, 0) is 0 Å². The molecule has 0 spiro atoms. The summed E-state index contributed by atoms with van der Waals surface area (Å²) in [5.74, 6) is -5.32. The number of methoxy groups -OCH3 is 1. The van der Waals surface area contributed by atoms with Crippen molar-refractivity contribution in [2.45, 2.75) is 0 Å². The predicted octanol–water partition coefficient (Wildman–Crippen LogP) is 2.05. The van der Waals surface area contributed by atoms with Crippen LogP contribution in [0.5, 0.6) is 5.75 Å². The van der Waals surface area contributed by atoms with E-state index in [1.165, 1.54) is 13.3 Å². The third-order valence-corrected chi connectivity index (χ3v) is 2.58. The van der Waals surface area contributed by atoms with Gasteiger partial charge in [-0.1, -0.05) is 0 Å². The summed E-state index contributed by atoms with van der Waals surface area (Å²) in [6.45, 7) is 0. The van der Waals surface area contributed by atoms with Gasteiger partial charge in [0.05, 0.1) is 7.11 Å². The molecule has 0 aliphatic rings. The van der Waals surface area contributed by atoms with Crippen LogP contribution in [-0.2, 0) is 0 Å². The van der Waals surface area contributed by atoms with Crippen molar-refractivity contribution in [2.24, 2.45) is 0 Å². The van der Waals surface area contributed by atoms with Crippen molar-refractivity contribution < 1.29 is 22.7 Å². The number of aromatic amines is 1. The molecule has 0 aliphatic heterocycles. The molecule has 1 heterocycles. The van der Waals surface area contributed by atoms with Crippen LogP contribution in [0.25, 0.3) is 0 Å². The quantitative estimate of drug-likeness (QED) is 0.852. The number of amides is 1. The lowest BCUT2D eigenvalue weighted by Crippen LogP contribution is -2.17. The summed E-state index contributed by atoms with van der Waals surface area (Å²) in [6.07, 6.45) is 1.17. The highest BCUT2D eigenvalue weighted by molar-refractivity contribution is 6.02. The van der Waals surface area contributed by atoms with E-state index in [0.29, 0.717) is 12.1 Å². The van der Waals surface area contributed by atoms with Crippen molar-refractivity contribution in [2.75, 3.05) is 12.4 Å². The largest absolute Gasteiger partial charge is 0.491 e. The summed E-state index contributed by atoms with van der Waals surface area (Å²) in [6, 6.07) is 2.21. The molecule has 110 valence electrons. The molecule has 2 N–H and O–H groups in total. The van der Waals surface area contributed by atoms with E-state index in [-0.39, 0.29) is 17.1 Å². The van der Waals surface area contributed by atoms with Crippen LogP contribution in [0, 0.1) is 17.5 Å². The molecule has 5 nitrogen and oxygen atoms in total. The lowest BCUT2D eigenvalue weighted by Gasteiger charge is -2.07. The van der Waals surface area contributed by atoms with E-state index in [0.717, 1.165) is 6.07 Å². The first-order valence-corrected chi connectivity index (χ1v) is 5.65. The number of H-pyrrole nitrogens is 1. The van der Waals surface area contributed by atoms with Gasteiger partial charge >= 0.3 is 0 Å². The number of halogens is 3. The lowest BCUT2D eigenvalue weighted by molar-refractivity contribution is 0.102. The average molecular weight is 298 g/mol. The monoisotopic (exact) mass is 298 g/mol. The minimum Gasteiger partial charge on any atom is -0.491 e. The van der Waals surface area contributed by atoms with Gasteiger partial charge in [-0.25, -0.2) is 13.2 Å². The van der Waals surface area contributed by atoms with Crippen molar-refractivity contribution >= 4 is 11.6 Å². The topological polar surface area (TPSA) is 71.2 Å². The number of carbonyl (C=O) groups is 1. The van der Waals surface area contributed by atoms with Gasteiger partial charge in [0.1, 0.15) is 5.69 Å². The third-order valence-electron chi connectivity index (χ3n) is 2.58. The van der Waals surface area contributed by atoms with Crippen LogP contribution in [0.15, 0.2) is 29.2 Å². The fraction of sp³-hybridized carbons (Fsp3) is 0.0769. The number of nitrogens with one attached hydrogen (secondary N) is 2. The number of anilines is 1. The Hall–Kier alpha value is -2.77. The second-order valence-electron chi connectivity index (χ2n) is 3.99. The Labute approximate surface area is 116 Å². The summed E-state index contributed by atoms with van der Waals surface area (Å²) in [7, 11) is 1.29. The molecule has 0 saturated carbocycles. The van der Waals surface area contributed by atoms with Crippen molar-refractivity contribution in [3.63, 3.8) is 0 Å². The third kappa shape index (κ3) is 3.04. The van der Waals surface area contributed by atoms with Crippen molar-refractivity contribution in [3.8, 4) is 5.75 Å². The molecular formula is C13H9F3N2O3. The second-order valence-corrected chi connectivity index (χ2v) is 3.99. The van der Waals surface area contributed by atoms with Crippen LogP contribution < -0.4 is 15.5 Å². The molecule has 1 aromatic carbocycles. The van der Waals surface area contributed by atoms with Gasteiger partial charge in [0.2, 0.25) is 5.43 Å². The molecule has 8 heteroatoms. The van der Waals surface area contributed by atoms with Gasteiger partial charge < -0.3 is 15.0 Å². The fourth-order valence-electron chi connectivity index (χ4n) is 1.58. The maximum atomic E-state index is 13.0. The first-order chi connectivity index (χ1) is 9.92. The Balaban J connectivity index is 2.26. The highest BCUT2D eigenvalue weighted by Crippen LogP contribution is 2.17. The number of rotatable bonds is 3. The molecular weight excluding hydrogens is 289 g/mol. The molecule has 2 aromatic rings. The maximum absolute atomic E-state index is 13.0. The van der Waals surface area contributed by atoms with Crippen LogP contribution in [0.2, 0.25) is 0 Å². The van der Waals surface area contributed by atoms with Crippen LogP contribution in [-0.4, -0.2) is 18.0 Å². The SMILES string of the molecule is COc1c[nH]c(C(=O)Nc2cc(F)c(F)c(F)c2)cc1=O. The standard InChI is InChI=1S/C13H9F3N2O3/c1-21-11-5-17-9(4-10(11)19)13(20)18-6-2-7(14)12(16)8(15)3-6/h2-5H,1H3,(H,17,19)(H,18,20). The summed E-state index contributed by atoms with van der Waals surface area (Å²) < 4.78 is 43.5. The Morgan fingerprint density at radius 1 is 1.19 bits per heavy atom. The van der Waals surface area contributed by atoms with Gasteiger partial charge in [-0.2, -0.15) is 0 Å². The number of hydrogen-bond donors (Lipinski definition) is 2. The van der Waals surface area contributed by atoms with E-state index in [1.807, 2.05) is 0 Å². The molecule has 0 saturated heterocycles. The normalized spacial score (nSPS) is 10.3. The highest BCUT2D eigenvalue weighted by atomic mass is 19.2. The number of carbonyl (C=O) groups excluding carboxylic acids is 1. The van der Waals surface area contributed by atoms with Crippen LogP contribution in [0.4, 0.5) is 18.9 Å². The fourth-order valence-corrected chi connectivity index (χ4v) is 1.58. The van der Waals surface area contributed by atoms with E-state index < -0.39 is 28.8 Å². The molecule has 1 aromatic heterocycles. The minimum absolute atomic E-state index is 0.00502. The van der Waals surface area contributed by atoms with Gasteiger partial charge in [-0.3, -0.25) is 9.59 Å². The Kier molecular flexibility index (Phi) is 3.97. The summed E-state index contributed by atoms with van der Waals surface area (Å²) in [4.78, 5) is 25.8. The maximum Gasteiger partial charge on any atom is 0.272 e. The Morgan fingerprint density at radius 3 is 2.33 bits per heavy atom. The number of ether oxygens (including phenoxy) is 1. The first kappa shape index (κ1) is 14.6. The van der Waals surface area contributed by atoms with Crippen molar-refractivity contribution in [1.82, 2.24) is 4.98 Å². The highest BCUT2D eigenvalue weighted by Gasteiger charge is 2.14. The predicted molar refractivity (Wildman–Crippen MR) is 67.9 cm³/mol. The average Bonchev–Trinajstić information content (AvgIpc) is 2.44. The van der Waals surface area contributed by atoms with Gasteiger partial charge in [0, 0.05) is 30.1 Å². The van der Waals surface area contributed by atoms with Gasteiger partial charge in [-0.15, -0.1) is 0 Å². The summed E-state index contributed by atoms with van der Waals surface area (Å²) >= 11 is 0. The van der Waals surface area contributed by atoms with Crippen LogP contribution >= 0.6 is 0 Å². The summed E-state index contributed by atoms with van der Waals surface area (Å²) in [5.41, 5.74) is -0.975.